The van der Waals surface area contributed by atoms with E-state index in [0.29, 0.717) is 24.8 Å². The molecule has 2 aromatic heterocycles. The molecule has 3 aromatic rings. The largest absolute Gasteiger partial charge is 0.504 e. The molecular formula is C21H23FN4O6S2. The topological polar surface area (TPSA) is 153 Å². The number of nitrogens with one attached hydrogen (secondary N) is 1. The Kier molecular flexibility index (Phi) is 6.38. The van der Waals surface area contributed by atoms with Crippen molar-refractivity contribution >= 4 is 43.2 Å². The molecule has 0 bridgehead atoms. The number of hydrogen-bond acceptors (Lipinski definition) is 9. The van der Waals surface area contributed by atoms with E-state index < -0.39 is 43.8 Å². The van der Waals surface area contributed by atoms with Crippen LogP contribution in [0.5, 0.6) is 5.75 Å². The van der Waals surface area contributed by atoms with Gasteiger partial charge in [0.2, 0.25) is 0 Å². The van der Waals surface area contributed by atoms with Crippen molar-refractivity contribution in [1.82, 2.24) is 15.3 Å². The summed E-state index contributed by atoms with van der Waals surface area (Å²) in [5.74, 6) is -1.83. The number of amides is 1. The summed E-state index contributed by atoms with van der Waals surface area (Å²) in [6.07, 6.45) is 3.65. The number of carbonyl (C=O) groups is 1. The normalized spacial score (nSPS) is 16.9. The Labute approximate surface area is 196 Å². The number of nitrogens with zero attached hydrogens (tertiary/aromatic N) is 3. The number of benzene rings is 1. The number of halogens is 1. The first-order valence-corrected chi connectivity index (χ1v) is 13.8. The molecule has 0 atom stereocenters. The van der Waals surface area contributed by atoms with Crippen LogP contribution in [0.1, 0.15) is 28.9 Å². The van der Waals surface area contributed by atoms with Crippen LogP contribution in [0.25, 0.3) is 10.9 Å². The lowest BCUT2D eigenvalue weighted by Crippen LogP contribution is -2.35. The summed E-state index contributed by atoms with van der Waals surface area (Å²) in [5, 5.41) is 13.6. The van der Waals surface area contributed by atoms with Crippen LogP contribution >= 0.6 is 10.8 Å². The summed E-state index contributed by atoms with van der Waals surface area (Å²) >= 11 is 0. The van der Waals surface area contributed by atoms with Gasteiger partial charge < -0.3 is 10.4 Å². The van der Waals surface area contributed by atoms with Crippen molar-refractivity contribution in [2.75, 3.05) is 22.9 Å². The fourth-order valence-electron chi connectivity index (χ4n) is 3.78. The van der Waals surface area contributed by atoms with Gasteiger partial charge in [-0.3, -0.25) is 23.2 Å². The van der Waals surface area contributed by atoms with Crippen molar-refractivity contribution < 1.29 is 31.8 Å². The SMILES string of the molecule is CS(=O)(=O)c1cc(F)ccc1CNC(=O)c1nc(N2CCCCS2(O)O)c2cccnc2c1O. The van der Waals surface area contributed by atoms with Crippen LogP contribution in [0, 0.1) is 5.82 Å². The predicted octanol–water partition coefficient (Wildman–Crippen LogP) is 3.07. The van der Waals surface area contributed by atoms with Gasteiger partial charge in [0.1, 0.15) is 11.3 Å². The number of fused-ring (bicyclic) bond motifs is 1. The minimum Gasteiger partial charge on any atom is -0.504 e. The summed E-state index contributed by atoms with van der Waals surface area (Å²) in [6.45, 7) is 0.00951. The van der Waals surface area contributed by atoms with Crippen molar-refractivity contribution in [3.8, 4) is 5.75 Å². The van der Waals surface area contributed by atoms with Crippen LogP contribution in [0.15, 0.2) is 41.4 Å². The van der Waals surface area contributed by atoms with E-state index in [4.69, 9.17) is 0 Å². The maximum atomic E-state index is 13.6. The van der Waals surface area contributed by atoms with Gasteiger partial charge >= 0.3 is 0 Å². The lowest BCUT2D eigenvalue weighted by atomic mass is 10.1. The first-order chi connectivity index (χ1) is 16.0. The van der Waals surface area contributed by atoms with Crippen LogP contribution in [0.3, 0.4) is 0 Å². The molecule has 3 heterocycles. The first kappa shape index (κ1) is 24.1. The van der Waals surface area contributed by atoms with E-state index in [9.17, 15) is 31.8 Å². The summed E-state index contributed by atoms with van der Waals surface area (Å²) < 4.78 is 60.1. The molecule has 1 saturated heterocycles. The number of carbonyl (C=O) groups excluding carboxylic acids is 1. The minimum absolute atomic E-state index is 0.0528. The van der Waals surface area contributed by atoms with E-state index in [1.165, 1.54) is 16.6 Å². The summed E-state index contributed by atoms with van der Waals surface area (Å²) in [4.78, 5) is 21.1. The van der Waals surface area contributed by atoms with Gasteiger partial charge in [-0.2, -0.15) is 0 Å². The first-order valence-electron chi connectivity index (χ1n) is 10.3. The zero-order valence-corrected chi connectivity index (χ0v) is 19.7. The van der Waals surface area contributed by atoms with Crippen molar-refractivity contribution in [2.24, 2.45) is 0 Å². The third-order valence-electron chi connectivity index (χ3n) is 5.42. The Hall–Kier alpha value is -3.00. The third kappa shape index (κ3) is 4.64. The van der Waals surface area contributed by atoms with Gasteiger partial charge in [0.15, 0.2) is 27.1 Å². The Morgan fingerprint density at radius 3 is 2.74 bits per heavy atom. The van der Waals surface area contributed by atoms with E-state index in [1.54, 1.807) is 12.1 Å². The fraction of sp³-hybridized carbons (Fsp3) is 0.286. The molecule has 10 nitrogen and oxygen atoms in total. The van der Waals surface area contributed by atoms with E-state index in [2.05, 4.69) is 15.3 Å². The van der Waals surface area contributed by atoms with E-state index >= 15 is 0 Å². The minimum atomic E-state index is -3.77. The highest BCUT2D eigenvalue weighted by Gasteiger charge is 2.31. The van der Waals surface area contributed by atoms with Crippen LogP contribution in [-0.4, -0.2) is 57.1 Å². The number of sulfone groups is 1. The van der Waals surface area contributed by atoms with Crippen molar-refractivity contribution in [3.63, 3.8) is 0 Å². The van der Waals surface area contributed by atoms with Gasteiger partial charge in [0.05, 0.1) is 10.6 Å². The maximum absolute atomic E-state index is 13.6. The zero-order chi connectivity index (χ0) is 24.7. The van der Waals surface area contributed by atoms with E-state index in [-0.39, 0.29) is 34.1 Å². The monoisotopic (exact) mass is 510 g/mol. The van der Waals surface area contributed by atoms with Gasteiger partial charge in [-0.1, -0.05) is 6.07 Å². The second-order valence-corrected chi connectivity index (χ2v) is 12.0. The van der Waals surface area contributed by atoms with Gasteiger partial charge in [-0.25, -0.2) is 17.8 Å². The third-order valence-corrected chi connectivity index (χ3v) is 8.49. The molecule has 0 unspecified atom stereocenters. The summed E-state index contributed by atoms with van der Waals surface area (Å²) in [6, 6.07) is 6.39. The number of aromatic hydroxyl groups is 1. The number of anilines is 1. The molecule has 4 rings (SSSR count). The van der Waals surface area contributed by atoms with Gasteiger partial charge in [-0.05, 0) is 42.7 Å². The smallest absolute Gasteiger partial charge is 0.274 e. The molecule has 1 aliphatic rings. The number of aromatic nitrogens is 2. The maximum Gasteiger partial charge on any atom is 0.274 e. The molecule has 0 radical (unpaired) electrons. The molecule has 182 valence electrons. The molecule has 34 heavy (non-hydrogen) atoms. The highest BCUT2D eigenvalue weighted by molar-refractivity contribution is 8.25. The Bertz CT molecular complexity index is 1380. The van der Waals surface area contributed by atoms with Crippen LogP contribution < -0.4 is 9.62 Å². The number of rotatable bonds is 5. The zero-order valence-electron chi connectivity index (χ0n) is 18.1. The Morgan fingerprint density at radius 2 is 2.03 bits per heavy atom. The molecular weight excluding hydrogens is 487 g/mol. The van der Waals surface area contributed by atoms with E-state index in [0.717, 1.165) is 18.4 Å². The lowest BCUT2D eigenvalue weighted by Gasteiger charge is -2.47. The predicted molar refractivity (Wildman–Crippen MR) is 126 cm³/mol. The highest BCUT2D eigenvalue weighted by atomic mass is 32.3. The molecule has 1 aromatic carbocycles. The quantitative estimate of drug-likeness (QED) is 0.405. The number of pyridine rings is 2. The standard InChI is InChI=1S/C21H23FN4O6S2/c1-33(29,30)16-11-14(22)7-6-13(16)12-24-21(28)18-19(27)17-15(5-4-8-23-17)20(25-18)26-9-2-3-10-34(26,31)32/h4-8,11,27,31-32H,2-3,9-10,12H2,1H3,(H,24,28). The van der Waals surface area contributed by atoms with Gasteiger partial charge in [0, 0.05) is 30.9 Å². The molecule has 1 fully saturated rings. The van der Waals surface area contributed by atoms with Crippen molar-refractivity contribution in [2.45, 2.75) is 24.3 Å². The molecule has 1 amide bonds. The van der Waals surface area contributed by atoms with Crippen LogP contribution in [0.4, 0.5) is 10.2 Å². The van der Waals surface area contributed by atoms with Crippen LogP contribution in [-0.2, 0) is 16.4 Å². The van der Waals surface area contributed by atoms with Gasteiger partial charge in [-0.15, -0.1) is 10.8 Å². The Balaban J connectivity index is 1.73. The molecule has 0 spiro atoms. The average molecular weight is 511 g/mol. The fourth-order valence-corrected chi connectivity index (χ4v) is 6.38. The van der Waals surface area contributed by atoms with Gasteiger partial charge in [0.25, 0.3) is 5.91 Å². The highest BCUT2D eigenvalue weighted by Crippen LogP contribution is 2.51. The lowest BCUT2D eigenvalue weighted by molar-refractivity contribution is 0.0943. The average Bonchev–Trinajstić information content (AvgIpc) is 2.78. The molecule has 0 aliphatic carbocycles. The van der Waals surface area contributed by atoms with Crippen LogP contribution in [0.2, 0.25) is 0 Å². The van der Waals surface area contributed by atoms with E-state index in [1.807, 2.05) is 0 Å². The second kappa shape index (κ2) is 8.98. The summed E-state index contributed by atoms with van der Waals surface area (Å²) in [7, 11) is -6.94. The molecule has 0 saturated carbocycles. The van der Waals surface area contributed by atoms with Crippen molar-refractivity contribution in [1.29, 1.82) is 0 Å². The van der Waals surface area contributed by atoms with Crippen molar-refractivity contribution in [3.05, 3.63) is 53.6 Å². The molecule has 13 heteroatoms. The Morgan fingerprint density at radius 1 is 1.26 bits per heavy atom. The number of hydrogen-bond donors (Lipinski definition) is 4. The summed E-state index contributed by atoms with van der Waals surface area (Å²) in [5.41, 5.74) is -0.205. The molecule has 4 N–H and O–H groups in total. The molecule has 1 aliphatic heterocycles. The second-order valence-electron chi connectivity index (χ2n) is 7.88.